The van der Waals surface area contributed by atoms with Gasteiger partial charge in [-0.25, -0.2) is 14.6 Å². The van der Waals surface area contributed by atoms with Gasteiger partial charge in [-0.3, -0.25) is 0 Å². The Balaban J connectivity index is 2.72. The van der Waals surface area contributed by atoms with Gasteiger partial charge in [-0.05, 0) is 13.8 Å². The molecule has 6 nitrogen and oxygen atoms in total. The number of nitrogens with zero attached hydrogens (tertiary/aromatic N) is 1. The van der Waals surface area contributed by atoms with Gasteiger partial charge in [-0.15, -0.1) is 0 Å². The fourth-order valence-corrected chi connectivity index (χ4v) is 2.19. The summed E-state index contributed by atoms with van der Waals surface area (Å²) in [5.74, 6) is -3.06. The lowest BCUT2D eigenvalue weighted by molar-refractivity contribution is 0.0474. The second-order valence-electron chi connectivity index (χ2n) is 4.72. The van der Waals surface area contributed by atoms with E-state index in [-0.39, 0.29) is 30.2 Å². The minimum Gasteiger partial charge on any atom is -0.462 e. The highest BCUT2D eigenvalue weighted by Gasteiger charge is 2.30. The zero-order valence-electron chi connectivity index (χ0n) is 13.3. The highest BCUT2D eigenvalue weighted by Crippen LogP contribution is 2.31. The molecule has 0 fully saturated rings. The van der Waals surface area contributed by atoms with E-state index in [0.717, 1.165) is 0 Å². The van der Waals surface area contributed by atoms with Crippen LogP contribution in [0.15, 0.2) is 30.3 Å². The summed E-state index contributed by atoms with van der Waals surface area (Å²) in [6, 6.07) is 8.54. The molecule has 0 aliphatic carbocycles. The van der Waals surface area contributed by atoms with E-state index < -0.39 is 23.4 Å². The first kappa shape index (κ1) is 17.4. The molecule has 1 aromatic heterocycles. The van der Waals surface area contributed by atoms with Gasteiger partial charge in [0.05, 0.1) is 24.6 Å². The third-order valence-corrected chi connectivity index (χ3v) is 3.20. The number of ether oxygens (including phenoxy) is 2. The topological polar surface area (TPSA) is 91.5 Å². The Labute approximate surface area is 138 Å². The first-order valence-electron chi connectivity index (χ1n) is 7.39. The third-order valence-electron chi connectivity index (χ3n) is 3.20. The second kappa shape index (κ2) is 7.54. The smallest absolute Gasteiger partial charge is 0.343 e. The van der Waals surface area contributed by atoms with Crippen LogP contribution < -0.4 is 5.73 Å². The van der Waals surface area contributed by atoms with E-state index in [9.17, 15) is 14.0 Å². The van der Waals surface area contributed by atoms with Crippen molar-refractivity contribution in [3.8, 4) is 11.3 Å². The number of halogens is 1. The summed E-state index contributed by atoms with van der Waals surface area (Å²) in [4.78, 5) is 28.0. The Morgan fingerprint density at radius 2 is 1.58 bits per heavy atom. The highest BCUT2D eigenvalue weighted by atomic mass is 19.1. The van der Waals surface area contributed by atoms with Crippen LogP contribution >= 0.6 is 0 Å². The molecule has 0 saturated heterocycles. The predicted molar refractivity (Wildman–Crippen MR) is 86.0 cm³/mol. The van der Waals surface area contributed by atoms with Crippen LogP contribution in [0.3, 0.4) is 0 Å². The van der Waals surface area contributed by atoms with Crippen molar-refractivity contribution in [2.75, 3.05) is 18.9 Å². The van der Waals surface area contributed by atoms with Crippen LogP contribution in [-0.2, 0) is 9.47 Å². The number of hydrogen-bond acceptors (Lipinski definition) is 6. The molecule has 0 spiro atoms. The second-order valence-corrected chi connectivity index (χ2v) is 4.72. The summed E-state index contributed by atoms with van der Waals surface area (Å²) in [5, 5.41) is 0. The molecule has 0 amide bonds. The van der Waals surface area contributed by atoms with Gasteiger partial charge in [0.15, 0.2) is 0 Å². The monoisotopic (exact) mass is 332 g/mol. The number of benzene rings is 1. The minimum absolute atomic E-state index is 0.0148. The number of nitrogens with two attached hydrogens (primary N) is 1. The Bertz CT molecular complexity index is 763. The van der Waals surface area contributed by atoms with Gasteiger partial charge in [0.1, 0.15) is 11.1 Å². The van der Waals surface area contributed by atoms with Crippen LogP contribution in [0.25, 0.3) is 11.3 Å². The molecule has 7 heteroatoms. The van der Waals surface area contributed by atoms with Crippen molar-refractivity contribution in [1.29, 1.82) is 0 Å². The van der Waals surface area contributed by atoms with E-state index in [1.807, 2.05) is 0 Å². The van der Waals surface area contributed by atoms with E-state index in [1.54, 1.807) is 44.2 Å². The van der Waals surface area contributed by atoms with Gasteiger partial charge in [0.25, 0.3) is 0 Å². The van der Waals surface area contributed by atoms with Crippen LogP contribution in [0.5, 0.6) is 0 Å². The lowest BCUT2D eigenvalue weighted by Crippen LogP contribution is -2.20. The third kappa shape index (κ3) is 3.34. The molecule has 0 radical (unpaired) electrons. The molecule has 0 unspecified atom stereocenters. The van der Waals surface area contributed by atoms with Crippen molar-refractivity contribution in [2.24, 2.45) is 0 Å². The molecule has 1 aromatic carbocycles. The maximum absolute atomic E-state index is 14.5. The lowest BCUT2D eigenvalue weighted by Gasteiger charge is -2.14. The first-order chi connectivity index (χ1) is 11.5. The number of carbonyl (C=O) groups is 2. The van der Waals surface area contributed by atoms with Crippen molar-refractivity contribution in [1.82, 2.24) is 4.98 Å². The van der Waals surface area contributed by atoms with Crippen molar-refractivity contribution < 1.29 is 23.5 Å². The summed E-state index contributed by atoms with van der Waals surface area (Å²) in [5.41, 5.74) is 5.45. The molecule has 1 heterocycles. The fraction of sp³-hybridized carbons (Fsp3) is 0.235. The van der Waals surface area contributed by atoms with E-state index in [1.165, 1.54) is 0 Å². The summed E-state index contributed by atoms with van der Waals surface area (Å²) in [6.07, 6.45) is 0. The zero-order valence-corrected chi connectivity index (χ0v) is 13.3. The number of esters is 2. The Kier molecular flexibility index (Phi) is 5.47. The summed E-state index contributed by atoms with van der Waals surface area (Å²) < 4.78 is 24.2. The fourth-order valence-electron chi connectivity index (χ4n) is 2.19. The highest BCUT2D eigenvalue weighted by molar-refractivity contribution is 6.08. The molecule has 0 saturated carbocycles. The molecule has 0 aliphatic rings. The average Bonchev–Trinajstić information content (AvgIpc) is 2.57. The maximum atomic E-state index is 14.5. The minimum atomic E-state index is -1.13. The number of rotatable bonds is 5. The quantitative estimate of drug-likeness (QED) is 0.669. The Hall–Kier alpha value is -2.96. The summed E-state index contributed by atoms with van der Waals surface area (Å²) in [6.45, 7) is 3.22. The number of aromatic nitrogens is 1. The summed E-state index contributed by atoms with van der Waals surface area (Å²) >= 11 is 0. The number of hydrogen-bond donors (Lipinski definition) is 1. The lowest BCUT2D eigenvalue weighted by atomic mass is 10.0. The molecular formula is C17H17FN2O4. The standard InChI is InChI=1S/C17H17FN2O4/c1-3-23-16(21)11-12(17(22)24-4-2)15(18)20-14(13(11)19)10-8-6-5-7-9-10/h5-9H,3-4,19H2,1-2H3. The average molecular weight is 332 g/mol. The van der Waals surface area contributed by atoms with Gasteiger partial charge >= 0.3 is 11.9 Å². The maximum Gasteiger partial charge on any atom is 0.343 e. The van der Waals surface area contributed by atoms with Gasteiger partial charge in [-0.1, -0.05) is 30.3 Å². The van der Waals surface area contributed by atoms with Crippen LogP contribution in [0.2, 0.25) is 0 Å². The SMILES string of the molecule is CCOC(=O)c1c(F)nc(-c2ccccc2)c(N)c1C(=O)OCC. The molecule has 0 aliphatic heterocycles. The molecule has 24 heavy (non-hydrogen) atoms. The van der Waals surface area contributed by atoms with Gasteiger partial charge in [0, 0.05) is 5.56 Å². The van der Waals surface area contributed by atoms with Crippen molar-refractivity contribution in [3.63, 3.8) is 0 Å². The van der Waals surface area contributed by atoms with Gasteiger partial charge in [0.2, 0.25) is 5.95 Å². The van der Waals surface area contributed by atoms with E-state index in [4.69, 9.17) is 15.2 Å². The number of nitrogen functional groups attached to an aromatic ring is 1. The van der Waals surface area contributed by atoms with Crippen molar-refractivity contribution in [2.45, 2.75) is 13.8 Å². The number of pyridine rings is 1. The molecule has 2 N–H and O–H groups in total. The molecule has 2 rings (SSSR count). The molecular weight excluding hydrogens is 315 g/mol. The van der Waals surface area contributed by atoms with Crippen LogP contribution in [0.4, 0.5) is 10.1 Å². The summed E-state index contributed by atoms with van der Waals surface area (Å²) in [7, 11) is 0. The van der Waals surface area contributed by atoms with Gasteiger partial charge < -0.3 is 15.2 Å². The zero-order chi connectivity index (χ0) is 17.7. The van der Waals surface area contributed by atoms with Crippen LogP contribution in [-0.4, -0.2) is 30.1 Å². The van der Waals surface area contributed by atoms with Crippen molar-refractivity contribution in [3.05, 3.63) is 47.4 Å². The van der Waals surface area contributed by atoms with Crippen LogP contribution in [0, 0.1) is 5.95 Å². The molecule has 0 bridgehead atoms. The number of carbonyl (C=O) groups excluding carboxylic acids is 2. The Morgan fingerprint density at radius 1 is 1.04 bits per heavy atom. The predicted octanol–water partition coefficient (Wildman–Crippen LogP) is 2.82. The molecule has 126 valence electrons. The first-order valence-corrected chi connectivity index (χ1v) is 7.39. The molecule has 0 atom stereocenters. The van der Waals surface area contributed by atoms with Gasteiger partial charge in [-0.2, -0.15) is 4.39 Å². The van der Waals surface area contributed by atoms with E-state index >= 15 is 0 Å². The van der Waals surface area contributed by atoms with Crippen LogP contribution in [0.1, 0.15) is 34.6 Å². The largest absolute Gasteiger partial charge is 0.462 e. The van der Waals surface area contributed by atoms with E-state index in [0.29, 0.717) is 5.56 Å². The van der Waals surface area contributed by atoms with Crippen molar-refractivity contribution >= 4 is 17.6 Å². The number of anilines is 1. The van der Waals surface area contributed by atoms with E-state index in [2.05, 4.69) is 4.98 Å². The normalized spacial score (nSPS) is 10.3. The Morgan fingerprint density at radius 3 is 2.12 bits per heavy atom. The molecule has 2 aromatic rings.